The Kier molecular flexibility index (Phi) is 2.37. The van der Waals surface area contributed by atoms with Crippen molar-refractivity contribution < 1.29 is 15.3 Å². The van der Waals surface area contributed by atoms with Gasteiger partial charge < -0.3 is 15.3 Å². The highest BCUT2D eigenvalue weighted by Gasteiger charge is 2.52. The Hall–Kier alpha value is -1.38. The van der Waals surface area contributed by atoms with E-state index in [0.717, 1.165) is 42.6 Å². The molecule has 4 bridgehead atoms. The van der Waals surface area contributed by atoms with E-state index in [1.165, 1.54) is 19.3 Å². The molecule has 0 spiro atoms. The molecule has 1 aromatic rings. The quantitative estimate of drug-likeness (QED) is 0.686. The van der Waals surface area contributed by atoms with Gasteiger partial charge in [0, 0.05) is 5.56 Å². The molecule has 0 amide bonds. The van der Waals surface area contributed by atoms with Crippen molar-refractivity contribution in [2.24, 2.45) is 17.8 Å². The van der Waals surface area contributed by atoms with Crippen LogP contribution in [-0.2, 0) is 5.41 Å². The van der Waals surface area contributed by atoms with E-state index in [-0.39, 0.29) is 22.7 Å². The smallest absolute Gasteiger partial charge is 0.200 e. The Morgan fingerprint density at radius 2 is 1.35 bits per heavy atom. The highest BCUT2D eigenvalue weighted by Crippen LogP contribution is 2.63. The average Bonchev–Trinajstić information content (AvgIpc) is 2.39. The van der Waals surface area contributed by atoms with Crippen LogP contribution in [0.3, 0.4) is 0 Å². The maximum atomic E-state index is 10.4. The zero-order valence-electron chi connectivity index (χ0n) is 11.9. The number of benzene rings is 1. The molecular weight excluding hydrogens is 252 g/mol. The molecule has 5 rings (SSSR count). The molecule has 3 N–H and O–H groups in total. The van der Waals surface area contributed by atoms with Crippen molar-refractivity contribution in [2.45, 2.75) is 50.9 Å². The van der Waals surface area contributed by atoms with Gasteiger partial charge in [0.25, 0.3) is 0 Å². The number of aromatic hydroxyl groups is 3. The van der Waals surface area contributed by atoms with Crippen LogP contribution in [0.2, 0.25) is 0 Å². The molecule has 4 aliphatic rings. The first-order chi connectivity index (χ1) is 9.48. The van der Waals surface area contributed by atoms with Crippen LogP contribution in [0.15, 0.2) is 6.07 Å². The molecule has 0 unspecified atom stereocenters. The van der Waals surface area contributed by atoms with Crippen LogP contribution < -0.4 is 0 Å². The number of hydrogen-bond acceptors (Lipinski definition) is 3. The summed E-state index contributed by atoms with van der Waals surface area (Å²) in [6, 6.07) is 1.90. The first-order valence-corrected chi connectivity index (χ1v) is 7.73. The molecule has 3 nitrogen and oxygen atoms in total. The fourth-order valence-electron chi connectivity index (χ4n) is 5.62. The summed E-state index contributed by atoms with van der Waals surface area (Å²) in [7, 11) is 0. The van der Waals surface area contributed by atoms with Crippen LogP contribution in [0.25, 0.3) is 0 Å². The largest absolute Gasteiger partial charge is 0.504 e. The molecule has 20 heavy (non-hydrogen) atoms. The topological polar surface area (TPSA) is 60.7 Å². The molecule has 0 saturated heterocycles. The molecule has 0 radical (unpaired) electrons. The Labute approximate surface area is 119 Å². The van der Waals surface area contributed by atoms with Crippen LogP contribution >= 0.6 is 0 Å². The molecule has 3 heteroatoms. The van der Waals surface area contributed by atoms with Gasteiger partial charge in [-0.05, 0) is 80.2 Å². The van der Waals surface area contributed by atoms with Gasteiger partial charge in [-0.3, -0.25) is 0 Å². The van der Waals surface area contributed by atoms with Crippen LogP contribution in [0.1, 0.15) is 49.7 Å². The predicted octanol–water partition coefficient (Wildman–Crippen LogP) is 3.58. The van der Waals surface area contributed by atoms with E-state index >= 15 is 0 Å². The van der Waals surface area contributed by atoms with Crippen molar-refractivity contribution in [3.05, 3.63) is 17.2 Å². The van der Waals surface area contributed by atoms with Crippen LogP contribution in [0.5, 0.6) is 17.2 Å². The van der Waals surface area contributed by atoms with Crippen molar-refractivity contribution in [3.63, 3.8) is 0 Å². The molecule has 0 aromatic heterocycles. The second-order valence-electron chi connectivity index (χ2n) is 7.48. The van der Waals surface area contributed by atoms with Gasteiger partial charge in [0.1, 0.15) is 0 Å². The Morgan fingerprint density at radius 3 is 1.85 bits per heavy atom. The van der Waals surface area contributed by atoms with Gasteiger partial charge in [-0.1, -0.05) is 0 Å². The normalized spacial score (nSPS) is 38.4. The Balaban J connectivity index is 1.85. The molecular formula is C17H22O3. The third-order valence-electron chi connectivity index (χ3n) is 6.05. The van der Waals surface area contributed by atoms with E-state index in [1.54, 1.807) is 6.92 Å². The SMILES string of the molecule is Cc1cc(C23CC4CC(CC(C4)C2)C3)c(O)c(O)c1O. The average molecular weight is 274 g/mol. The molecule has 108 valence electrons. The van der Waals surface area contributed by atoms with E-state index in [0.29, 0.717) is 5.56 Å². The fourth-order valence-corrected chi connectivity index (χ4v) is 5.62. The van der Waals surface area contributed by atoms with Gasteiger partial charge in [-0.25, -0.2) is 0 Å². The van der Waals surface area contributed by atoms with E-state index < -0.39 is 0 Å². The lowest BCUT2D eigenvalue weighted by Crippen LogP contribution is -2.48. The van der Waals surface area contributed by atoms with Gasteiger partial charge in [0.2, 0.25) is 5.75 Å². The van der Waals surface area contributed by atoms with Gasteiger partial charge >= 0.3 is 0 Å². The molecule has 1 aromatic carbocycles. The van der Waals surface area contributed by atoms with E-state index in [4.69, 9.17) is 0 Å². The van der Waals surface area contributed by atoms with Gasteiger partial charge in [-0.2, -0.15) is 0 Å². The van der Waals surface area contributed by atoms with E-state index in [9.17, 15) is 15.3 Å². The van der Waals surface area contributed by atoms with Gasteiger partial charge in [-0.15, -0.1) is 0 Å². The summed E-state index contributed by atoms with van der Waals surface area (Å²) in [5, 5.41) is 30.1. The molecule has 4 aliphatic carbocycles. The minimum atomic E-state index is -0.337. The highest BCUT2D eigenvalue weighted by atomic mass is 16.3. The molecule has 4 fully saturated rings. The van der Waals surface area contributed by atoms with E-state index in [1.807, 2.05) is 6.07 Å². The highest BCUT2D eigenvalue weighted by molar-refractivity contribution is 5.59. The van der Waals surface area contributed by atoms with Crippen LogP contribution in [-0.4, -0.2) is 15.3 Å². The van der Waals surface area contributed by atoms with Crippen molar-refractivity contribution in [1.29, 1.82) is 0 Å². The van der Waals surface area contributed by atoms with Crippen molar-refractivity contribution in [3.8, 4) is 17.2 Å². The molecule has 0 heterocycles. The molecule has 4 saturated carbocycles. The Bertz CT molecular complexity index is 541. The summed E-state index contributed by atoms with van der Waals surface area (Å²) in [6.07, 6.45) is 7.46. The molecule has 0 atom stereocenters. The summed E-state index contributed by atoms with van der Waals surface area (Å²) in [5.41, 5.74) is 1.57. The third kappa shape index (κ3) is 1.52. The second kappa shape index (κ2) is 3.84. The predicted molar refractivity (Wildman–Crippen MR) is 76.0 cm³/mol. The summed E-state index contributed by atoms with van der Waals surface area (Å²) >= 11 is 0. The van der Waals surface area contributed by atoms with Crippen LogP contribution in [0.4, 0.5) is 0 Å². The first-order valence-electron chi connectivity index (χ1n) is 7.73. The number of phenolic OH excluding ortho intramolecular Hbond substituents is 3. The monoisotopic (exact) mass is 274 g/mol. The summed E-state index contributed by atoms with van der Waals surface area (Å²) < 4.78 is 0. The summed E-state index contributed by atoms with van der Waals surface area (Å²) in [4.78, 5) is 0. The third-order valence-corrected chi connectivity index (χ3v) is 6.05. The maximum Gasteiger partial charge on any atom is 0.200 e. The van der Waals surface area contributed by atoms with Gasteiger partial charge in [0.15, 0.2) is 11.5 Å². The number of rotatable bonds is 1. The minimum absolute atomic E-state index is 0.0365. The second-order valence-corrected chi connectivity index (χ2v) is 7.48. The summed E-state index contributed by atoms with van der Waals surface area (Å²) in [5.74, 6) is 1.76. The zero-order valence-corrected chi connectivity index (χ0v) is 11.9. The molecule has 0 aliphatic heterocycles. The summed E-state index contributed by atoms with van der Waals surface area (Å²) in [6.45, 7) is 1.79. The zero-order chi connectivity index (χ0) is 14.1. The minimum Gasteiger partial charge on any atom is -0.504 e. The lowest BCUT2D eigenvalue weighted by molar-refractivity contribution is -0.00632. The number of phenols is 3. The van der Waals surface area contributed by atoms with E-state index in [2.05, 4.69) is 0 Å². The van der Waals surface area contributed by atoms with Crippen molar-refractivity contribution in [2.75, 3.05) is 0 Å². The first kappa shape index (κ1) is 12.4. The lowest BCUT2D eigenvalue weighted by atomic mass is 9.48. The van der Waals surface area contributed by atoms with Crippen molar-refractivity contribution >= 4 is 0 Å². The Morgan fingerprint density at radius 1 is 0.850 bits per heavy atom. The lowest BCUT2D eigenvalue weighted by Gasteiger charge is -2.57. The number of hydrogen-bond donors (Lipinski definition) is 3. The number of aryl methyl sites for hydroxylation is 1. The van der Waals surface area contributed by atoms with Gasteiger partial charge in [0.05, 0.1) is 0 Å². The van der Waals surface area contributed by atoms with Crippen molar-refractivity contribution in [1.82, 2.24) is 0 Å². The maximum absolute atomic E-state index is 10.4. The standard InChI is InChI=1S/C17H22O3/c1-9-2-13(15(19)16(20)14(9)18)17-6-10-3-11(7-17)5-12(4-10)8-17/h2,10-12,18-20H,3-8H2,1H3. The van der Waals surface area contributed by atoms with Crippen LogP contribution in [0, 0.1) is 24.7 Å². The fraction of sp³-hybridized carbons (Fsp3) is 0.647.